The molecule has 4 heteroatoms. The smallest absolute Gasteiger partial charge is 0.158 e. The molecule has 0 bridgehead atoms. The quantitative estimate of drug-likeness (QED) is 0.695. The standard InChI is InChI=1S/C10H11NO2S/c1-6-5-11-10(14-6)7-2-3-8(12)9(13)4-7/h2-4,6,12-13H,5H2,1H3/t6-/m1/s1. The van der Waals surface area contributed by atoms with Gasteiger partial charge in [-0.2, -0.15) is 0 Å². The SMILES string of the molecule is C[C@@H]1CN=C(c2ccc(O)c(O)c2)S1. The van der Waals surface area contributed by atoms with Crippen molar-refractivity contribution in [3.8, 4) is 11.5 Å². The Hall–Kier alpha value is -1.16. The zero-order valence-corrected chi connectivity index (χ0v) is 8.58. The Morgan fingerprint density at radius 1 is 1.36 bits per heavy atom. The maximum Gasteiger partial charge on any atom is 0.158 e. The zero-order chi connectivity index (χ0) is 10.1. The van der Waals surface area contributed by atoms with E-state index >= 15 is 0 Å². The van der Waals surface area contributed by atoms with E-state index < -0.39 is 0 Å². The van der Waals surface area contributed by atoms with Gasteiger partial charge in [-0.1, -0.05) is 6.92 Å². The van der Waals surface area contributed by atoms with Crippen molar-refractivity contribution in [3.05, 3.63) is 23.8 Å². The fourth-order valence-electron chi connectivity index (χ4n) is 1.29. The summed E-state index contributed by atoms with van der Waals surface area (Å²) in [4.78, 5) is 4.34. The third kappa shape index (κ3) is 1.70. The minimum Gasteiger partial charge on any atom is -0.504 e. The second-order valence-electron chi connectivity index (χ2n) is 3.28. The number of thioether (sulfide) groups is 1. The summed E-state index contributed by atoms with van der Waals surface area (Å²) in [5, 5.41) is 19.9. The molecule has 0 unspecified atom stereocenters. The minimum atomic E-state index is -0.0923. The van der Waals surface area contributed by atoms with Gasteiger partial charge in [-0.15, -0.1) is 11.8 Å². The lowest BCUT2D eigenvalue weighted by atomic mass is 10.2. The lowest BCUT2D eigenvalue weighted by Gasteiger charge is -2.03. The Morgan fingerprint density at radius 3 is 2.71 bits per heavy atom. The molecular formula is C10H11NO2S. The Balaban J connectivity index is 2.30. The molecule has 0 aliphatic carbocycles. The van der Waals surface area contributed by atoms with E-state index in [9.17, 15) is 5.11 Å². The van der Waals surface area contributed by atoms with E-state index in [4.69, 9.17) is 5.11 Å². The first-order chi connectivity index (χ1) is 6.66. The van der Waals surface area contributed by atoms with Crippen LogP contribution in [0.15, 0.2) is 23.2 Å². The van der Waals surface area contributed by atoms with Crippen molar-refractivity contribution in [2.45, 2.75) is 12.2 Å². The van der Waals surface area contributed by atoms with Crippen LogP contribution in [0.5, 0.6) is 11.5 Å². The van der Waals surface area contributed by atoms with Crippen molar-refractivity contribution in [1.82, 2.24) is 0 Å². The largest absolute Gasteiger partial charge is 0.504 e. The van der Waals surface area contributed by atoms with Crippen LogP contribution in [-0.2, 0) is 0 Å². The first-order valence-corrected chi connectivity index (χ1v) is 5.28. The summed E-state index contributed by atoms with van der Waals surface area (Å²) in [6.45, 7) is 2.93. The molecule has 1 aromatic carbocycles. The molecule has 0 radical (unpaired) electrons. The number of phenols is 2. The van der Waals surface area contributed by atoms with Gasteiger partial charge in [0.25, 0.3) is 0 Å². The van der Waals surface area contributed by atoms with E-state index in [1.165, 1.54) is 6.07 Å². The van der Waals surface area contributed by atoms with Crippen molar-refractivity contribution in [3.63, 3.8) is 0 Å². The van der Waals surface area contributed by atoms with Crippen LogP contribution in [0.2, 0.25) is 0 Å². The Bertz CT molecular complexity index is 390. The lowest BCUT2D eigenvalue weighted by molar-refractivity contribution is 0.403. The Morgan fingerprint density at radius 2 is 2.14 bits per heavy atom. The van der Waals surface area contributed by atoms with Crippen molar-refractivity contribution in [1.29, 1.82) is 0 Å². The predicted octanol–water partition coefficient (Wildman–Crippen LogP) is 1.98. The fourth-order valence-corrected chi connectivity index (χ4v) is 2.23. The number of hydrogen-bond acceptors (Lipinski definition) is 4. The number of aliphatic imine (C=N–C) groups is 1. The van der Waals surface area contributed by atoms with E-state index in [0.29, 0.717) is 5.25 Å². The summed E-state index contributed by atoms with van der Waals surface area (Å²) in [6, 6.07) is 4.79. The van der Waals surface area contributed by atoms with E-state index in [1.807, 2.05) is 0 Å². The third-order valence-corrected chi connectivity index (χ3v) is 3.17. The average molecular weight is 209 g/mol. The van der Waals surface area contributed by atoms with E-state index in [0.717, 1.165) is 17.2 Å². The van der Waals surface area contributed by atoms with Crippen LogP contribution in [0.25, 0.3) is 0 Å². The van der Waals surface area contributed by atoms with Crippen LogP contribution in [0.1, 0.15) is 12.5 Å². The van der Waals surface area contributed by atoms with Gasteiger partial charge in [0.15, 0.2) is 11.5 Å². The molecule has 1 heterocycles. The first-order valence-electron chi connectivity index (χ1n) is 4.40. The van der Waals surface area contributed by atoms with Gasteiger partial charge in [0, 0.05) is 10.8 Å². The second-order valence-corrected chi connectivity index (χ2v) is 4.70. The molecule has 0 amide bonds. The molecule has 0 saturated heterocycles. The van der Waals surface area contributed by atoms with Crippen molar-refractivity contribution in [2.75, 3.05) is 6.54 Å². The molecule has 1 atom stereocenters. The minimum absolute atomic E-state index is 0.0922. The Labute approximate surface area is 86.5 Å². The maximum absolute atomic E-state index is 9.31. The van der Waals surface area contributed by atoms with E-state index in [-0.39, 0.29) is 11.5 Å². The monoisotopic (exact) mass is 209 g/mol. The highest BCUT2D eigenvalue weighted by Crippen LogP contribution is 2.30. The Kier molecular flexibility index (Phi) is 2.37. The highest BCUT2D eigenvalue weighted by molar-refractivity contribution is 8.15. The molecule has 1 aliphatic heterocycles. The summed E-state index contributed by atoms with van der Waals surface area (Å²) in [5.74, 6) is -0.184. The maximum atomic E-state index is 9.31. The third-order valence-electron chi connectivity index (χ3n) is 2.03. The topological polar surface area (TPSA) is 52.8 Å². The van der Waals surface area contributed by atoms with Gasteiger partial charge in [0.2, 0.25) is 0 Å². The number of aromatic hydroxyl groups is 2. The molecule has 74 valence electrons. The summed E-state index contributed by atoms with van der Waals surface area (Å²) >= 11 is 1.69. The summed E-state index contributed by atoms with van der Waals surface area (Å²) in [7, 11) is 0. The van der Waals surface area contributed by atoms with Crippen LogP contribution in [0, 0.1) is 0 Å². The summed E-state index contributed by atoms with van der Waals surface area (Å²) in [6.07, 6.45) is 0. The van der Waals surface area contributed by atoms with Gasteiger partial charge in [-0.25, -0.2) is 0 Å². The molecule has 1 aliphatic rings. The van der Waals surface area contributed by atoms with Crippen LogP contribution < -0.4 is 0 Å². The first kappa shape index (κ1) is 9.40. The van der Waals surface area contributed by atoms with Crippen LogP contribution in [-0.4, -0.2) is 27.1 Å². The van der Waals surface area contributed by atoms with Gasteiger partial charge < -0.3 is 10.2 Å². The lowest BCUT2D eigenvalue weighted by Crippen LogP contribution is -1.95. The molecule has 3 nitrogen and oxygen atoms in total. The number of nitrogens with zero attached hydrogens (tertiary/aromatic N) is 1. The summed E-state index contributed by atoms with van der Waals surface area (Å²) < 4.78 is 0. The molecule has 14 heavy (non-hydrogen) atoms. The van der Waals surface area contributed by atoms with Crippen molar-refractivity contribution >= 4 is 16.8 Å². The number of phenolic OH excluding ortho intramolecular Hbond substituents is 2. The van der Waals surface area contributed by atoms with Crippen LogP contribution in [0.3, 0.4) is 0 Å². The van der Waals surface area contributed by atoms with Gasteiger partial charge >= 0.3 is 0 Å². The van der Waals surface area contributed by atoms with E-state index in [2.05, 4.69) is 11.9 Å². The molecule has 0 aromatic heterocycles. The van der Waals surface area contributed by atoms with Gasteiger partial charge in [-0.3, -0.25) is 4.99 Å². The van der Waals surface area contributed by atoms with E-state index in [1.54, 1.807) is 23.9 Å². The van der Waals surface area contributed by atoms with Crippen molar-refractivity contribution in [2.24, 2.45) is 4.99 Å². The van der Waals surface area contributed by atoms with Crippen LogP contribution in [0.4, 0.5) is 0 Å². The summed E-state index contributed by atoms with van der Waals surface area (Å²) in [5.41, 5.74) is 0.870. The predicted molar refractivity (Wildman–Crippen MR) is 58.2 cm³/mol. The van der Waals surface area contributed by atoms with Crippen LogP contribution >= 0.6 is 11.8 Å². The zero-order valence-electron chi connectivity index (χ0n) is 7.77. The van der Waals surface area contributed by atoms with Gasteiger partial charge in [0.1, 0.15) is 0 Å². The molecular weight excluding hydrogens is 198 g/mol. The normalized spacial score (nSPS) is 20.9. The number of benzene rings is 1. The molecule has 0 fully saturated rings. The number of hydrogen-bond donors (Lipinski definition) is 2. The fraction of sp³-hybridized carbons (Fsp3) is 0.300. The van der Waals surface area contributed by atoms with Gasteiger partial charge in [0.05, 0.1) is 11.6 Å². The second kappa shape index (κ2) is 3.53. The highest BCUT2D eigenvalue weighted by Gasteiger charge is 2.17. The molecule has 0 spiro atoms. The number of rotatable bonds is 1. The average Bonchev–Trinajstić information content (AvgIpc) is 2.57. The molecule has 0 saturated carbocycles. The highest BCUT2D eigenvalue weighted by atomic mass is 32.2. The van der Waals surface area contributed by atoms with Gasteiger partial charge in [-0.05, 0) is 18.2 Å². The molecule has 1 aromatic rings. The molecule has 2 rings (SSSR count). The molecule has 2 N–H and O–H groups in total. The van der Waals surface area contributed by atoms with Crippen molar-refractivity contribution < 1.29 is 10.2 Å².